The minimum atomic E-state index is -0.556. The zero-order chi connectivity index (χ0) is 18.4. The van der Waals surface area contributed by atoms with Gasteiger partial charge in [0.05, 0.1) is 0 Å². The monoisotopic (exact) mass is 431 g/mol. The maximum atomic E-state index is 6.28. The van der Waals surface area contributed by atoms with Crippen LogP contribution in [0.25, 0.3) is 5.32 Å². The molecule has 0 aromatic heterocycles. The van der Waals surface area contributed by atoms with Crippen molar-refractivity contribution in [3.63, 3.8) is 0 Å². The third-order valence-electron chi connectivity index (χ3n) is 4.92. The number of hydrogen-bond donors (Lipinski definition) is 0. The number of halogens is 3. The molecule has 0 heterocycles. The molecule has 2 aliphatic carbocycles. The standard InChI is InChI=1S/C20H24ClN.2ClH.Ti/c1-13-11-14(2)20(15(13)3)18-12-16(21)9-10-19(18)22-17-7-5-4-6-8-17;;;/h9-12,17H,4-8H2,1-3H3;2*1H;/q-1;;;+2/p-2. The van der Waals surface area contributed by atoms with Crippen LogP contribution in [0, 0.1) is 30.1 Å². The average molecular weight is 433 g/mol. The van der Waals surface area contributed by atoms with Gasteiger partial charge in [0.2, 0.25) is 0 Å². The van der Waals surface area contributed by atoms with Gasteiger partial charge in [0, 0.05) is 10.9 Å². The SMILES string of the molecule is C[C]1[CH][C](C)[C](c2cc(Cl)ccc2[N-]C2CCCCC2)[C]1C.[Cl][Ti][Cl]. The molecule has 2 saturated carbocycles. The summed E-state index contributed by atoms with van der Waals surface area (Å²) in [6.45, 7) is 6.55. The minimum absolute atomic E-state index is 0.477. The summed E-state index contributed by atoms with van der Waals surface area (Å²) in [4.78, 5) is 0. The van der Waals surface area contributed by atoms with E-state index in [-0.39, 0.29) is 0 Å². The Morgan fingerprint density at radius 2 is 1.64 bits per heavy atom. The number of rotatable bonds is 3. The Hall–Kier alpha value is 0.604. The molecule has 0 saturated heterocycles. The van der Waals surface area contributed by atoms with Crippen LogP contribution >= 0.6 is 30.2 Å². The summed E-state index contributed by atoms with van der Waals surface area (Å²) in [6, 6.07) is 6.61. The van der Waals surface area contributed by atoms with Gasteiger partial charge in [-0.2, -0.15) is 0 Å². The molecule has 135 valence electrons. The summed E-state index contributed by atoms with van der Waals surface area (Å²) >= 11 is 5.72. The van der Waals surface area contributed by atoms with Crippen molar-refractivity contribution >= 4 is 35.9 Å². The van der Waals surface area contributed by atoms with Gasteiger partial charge >= 0.3 is 35.6 Å². The Kier molecular flexibility index (Phi) is 9.47. The predicted octanol–water partition coefficient (Wildman–Crippen LogP) is 7.98. The van der Waals surface area contributed by atoms with Crippen molar-refractivity contribution in [3.05, 3.63) is 64.2 Å². The quantitative estimate of drug-likeness (QED) is 0.430. The van der Waals surface area contributed by atoms with Crippen LogP contribution < -0.4 is 0 Å². The van der Waals surface area contributed by atoms with Crippen molar-refractivity contribution in [2.75, 3.05) is 0 Å². The molecule has 0 unspecified atom stereocenters. The molecule has 2 fully saturated rings. The van der Waals surface area contributed by atoms with E-state index in [0.29, 0.717) is 6.04 Å². The fourth-order valence-electron chi connectivity index (χ4n) is 3.64. The van der Waals surface area contributed by atoms with E-state index in [2.05, 4.69) is 39.3 Å². The molecule has 1 nitrogen and oxygen atoms in total. The molecule has 1 aromatic carbocycles. The molecular weight excluding hydrogens is 408 g/mol. The van der Waals surface area contributed by atoms with Gasteiger partial charge in [0.25, 0.3) is 0 Å². The Bertz CT molecular complexity index is 534. The summed E-state index contributed by atoms with van der Waals surface area (Å²) in [5.41, 5.74) is 2.30. The number of benzene rings is 1. The van der Waals surface area contributed by atoms with Gasteiger partial charge in [-0.15, -0.1) is 11.7 Å². The van der Waals surface area contributed by atoms with Crippen LogP contribution in [0.5, 0.6) is 0 Å². The summed E-state index contributed by atoms with van der Waals surface area (Å²) < 4.78 is 0. The summed E-state index contributed by atoms with van der Waals surface area (Å²) in [6.07, 6.45) is 8.69. The van der Waals surface area contributed by atoms with Gasteiger partial charge in [-0.05, 0) is 36.3 Å². The van der Waals surface area contributed by atoms with E-state index in [1.165, 1.54) is 61.3 Å². The van der Waals surface area contributed by atoms with E-state index in [1.54, 1.807) is 0 Å². The fourth-order valence-corrected chi connectivity index (χ4v) is 3.81. The molecule has 1 aromatic rings. The van der Waals surface area contributed by atoms with Crippen LogP contribution in [-0.4, -0.2) is 6.04 Å². The van der Waals surface area contributed by atoms with Crippen LogP contribution in [0.3, 0.4) is 0 Å². The first-order valence-electron chi connectivity index (χ1n) is 8.68. The molecule has 25 heavy (non-hydrogen) atoms. The Morgan fingerprint density at radius 1 is 1.00 bits per heavy atom. The third-order valence-corrected chi connectivity index (χ3v) is 5.15. The Labute approximate surface area is 175 Å². The van der Waals surface area contributed by atoms with Crippen molar-refractivity contribution in [1.29, 1.82) is 0 Å². The van der Waals surface area contributed by atoms with Crippen LogP contribution in [-0.2, 0) is 17.0 Å². The van der Waals surface area contributed by atoms with Crippen molar-refractivity contribution < 1.29 is 17.0 Å². The summed E-state index contributed by atoms with van der Waals surface area (Å²) in [5, 5.41) is 5.86. The molecule has 0 aliphatic heterocycles. The van der Waals surface area contributed by atoms with E-state index < -0.39 is 17.0 Å². The normalized spacial score (nSPS) is 21.0. The molecule has 0 amide bonds. The maximum absolute atomic E-state index is 6.28. The first kappa shape index (κ1) is 21.9. The predicted molar refractivity (Wildman–Crippen MR) is 106 cm³/mol. The molecule has 2 aliphatic rings. The average Bonchev–Trinajstić information content (AvgIpc) is 2.83. The molecule has 5 heteroatoms. The van der Waals surface area contributed by atoms with Crippen LogP contribution in [0.1, 0.15) is 58.4 Å². The second-order valence-corrected chi connectivity index (χ2v) is 9.68. The molecule has 0 atom stereocenters. The first-order valence-corrected chi connectivity index (χ1v) is 13.4. The van der Waals surface area contributed by atoms with Gasteiger partial charge in [0.1, 0.15) is 0 Å². The van der Waals surface area contributed by atoms with Gasteiger partial charge in [-0.3, -0.25) is 0 Å². The zero-order valence-electron chi connectivity index (χ0n) is 15.0. The van der Waals surface area contributed by atoms with Crippen molar-refractivity contribution in [2.45, 2.75) is 58.9 Å². The third kappa shape index (κ3) is 6.04. The summed E-state index contributed by atoms with van der Waals surface area (Å²) in [5.74, 6) is 5.32. The molecule has 3 rings (SSSR count). The van der Waals surface area contributed by atoms with Gasteiger partial charge < -0.3 is 5.32 Å². The molecule has 0 spiro atoms. The van der Waals surface area contributed by atoms with E-state index in [4.69, 9.17) is 35.5 Å². The van der Waals surface area contributed by atoms with E-state index in [0.717, 1.165) is 10.7 Å². The van der Waals surface area contributed by atoms with Crippen molar-refractivity contribution in [3.8, 4) is 0 Å². The molecule has 0 N–H and O–H groups in total. The Morgan fingerprint density at radius 3 is 2.20 bits per heavy atom. The van der Waals surface area contributed by atoms with E-state index in [1.807, 2.05) is 6.07 Å². The van der Waals surface area contributed by atoms with Gasteiger partial charge in [-0.25, -0.2) is 0 Å². The van der Waals surface area contributed by atoms with Crippen LogP contribution in [0.4, 0.5) is 5.69 Å². The van der Waals surface area contributed by atoms with Gasteiger partial charge in [-0.1, -0.05) is 76.1 Å². The number of hydrogen-bond acceptors (Lipinski definition) is 0. The van der Waals surface area contributed by atoms with E-state index >= 15 is 0 Å². The van der Waals surface area contributed by atoms with Crippen LogP contribution in [0.2, 0.25) is 5.02 Å². The second kappa shape index (κ2) is 10.8. The van der Waals surface area contributed by atoms with Crippen molar-refractivity contribution in [1.82, 2.24) is 0 Å². The fraction of sp³-hybridized carbons (Fsp3) is 0.450. The van der Waals surface area contributed by atoms with Gasteiger partial charge in [0.15, 0.2) is 0 Å². The zero-order valence-corrected chi connectivity index (χ0v) is 18.8. The Balaban J connectivity index is 0.000000701. The topological polar surface area (TPSA) is 14.1 Å². The van der Waals surface area contributed by atoms with E-state index in [9.17, 15) is 0 Å². The first-order chi connectivity index (χ1) is 12.0. The van der Waals surface area contributed by atoms with Crippen LogP contribution in [0.15, 0.2) is 18.2 Å². The number of nitrogens with zero attached hydrogens (tertiary/aromatic N) is 1. The molecular formula is C20H24Cl3NTi-. The molecule has 5 radical (unpaired) electrons. The second-order valence-electron chi connectivity index (χ2n) is 6.66. The molecule has 0 bridgehead atoms. The van der Waals surface area contributed by atoms with Crippen molar-refractivity contribution in [2.24, 2.45) is 0 Å². The summed E-state index contributed by atoms with van der Waals surface area (Å²) in [7, 11) is 9.78.